The van der Waals surface area contributed by atoms with Crippen LogP contribution in [0.3, 0.4) is 0 Å². The number of para-hydroxylation sites is 1. The number of nitrogens with one attached hydrogen (secondary N) is 1. The lowest BCUT2D eigenvalue weighted by Crippen LogP contribution is -2.36. The van der Waals surface area contributed by atoms with Crippen molar-refractivity contribution < 1.29 is 0 Å². The maximum Gasteiger partial charge on any atom is 0.0648 e. The lowest BCUT2D eigenvalue weighted by atomic mass is 9.96. The summed E-state index contributed by atoms with van der Waals surface area (Å²) in [5.74, 6) is 0.838. The molecule has 0 spiro atoms. The van der Waals surface area contributed by atoms with Gasteiger partial charge in [-0.2, -0.15) is 5.10 Å². The molecule has 0 radical (unpaired) electrons. The molecule has 1 fully saturated rings. The summed E-state index contributed by atoms with van der Waals surface area (Å²) >= 11 is 0. The minimum atomic E-state index is 0.838. The topological polar surface area (TPSA) is 33.1 Å². The molecule has 23 heavy (non-hydrogen) atoms. The Bertz CT molecular complexity index is 624. The van der Waals surface area contributed by atoms with Gasteiger partial charge in [0, 0.05) is 17.8 Å². The maximum absolute atomic E-state index is 4.77. The van der Waals surface area contributed by atoms with Gasteiger partial charge in [-0.15, -0.1) is 0 Å². The molecule has 0 bridgehead atoms. The second-order valence-electron chi connectivity index (χ2n) is 6.67. The number of benzene rings is 1. The summed E-state index contributed by atoms with van der Waals surface area (Å²) in [7, 11) is 2.05. The van der Waals surface area contributed by atoms with Gasteiger partial charge in [-0.3, -0.25) is 4.90 Å². The molecule has 1 N–H and O–H groups in total. The Labute approximate surface area is 139 Å². The first-order chi connectivity index (χ1) is 11.2. The van der Waals surface area contributed by atoms with Crippen LogP contribution in [0.5, 0.6) is 0 Å². The van der Waals surface area contributed by atoms with E-state index in [1.165, 1.54) is 37.2 Å². The van der Waals surface area contributed by atoms with Crippen LogP contribution in [-0.2, 0) is 6.54 Å². The standard InChI is InChI=1S/C19H28N4/c1-15-19(14-22-11-9-17(10-12-22)13-20-3)16(2)23(21-15)18-7-5-4-6-8-18/h4-8,17,20H,9-14H2,1-3H3. The minimum Gasteiger partial charge on any atom is -0.319 e. The van der Waals surface area contributed by atoms with E-state index < -0.39 is 0 Å². The number of aryl methyl sites for hydroxylation is 1. The van der Waals surface area contributed by atoms with Crippen molar-refractivity contribution in [2.24, 2.45) is 5.92 Å². The third kappa shape index (κ3) is 3.65. The fraction of sp³-hybridized carbons (Fsp3) is 0.526. The third-order valence-electron chi connectivity index (χ3n) is 5.02. The third-order valence-corrected chi connectivity index (χ3v) is 5.02. The van der Waals surface area contributed by atoms with Crippen LogP contribution in [0.25, 0.3) is 5.69 Å². The van der Waals surface area contributed by atoms with Crippen molar-refractivity contribution in [2.75, 3.05) is 26.7 Å². The van der Waals surface area contributed by atoms with Crippen LogP contribution in [0.1, 0.15) is 29.8 Å². The van der Waals surface area contributed by atoms with Crippen molar-refractivity contribution in [1.29, 1.82) is 0 Å². The van der Waals surface area contributed by atoms with Gasteiger partial charge >= 0.3 is 0 Å². The Kier molecular flexibility index (Phi) is 5.13. The quantitative estimate of drug-likeness (QED) is 0.921. The first-order valence-electron chi connectivity index (χ1n) is 8.66. The molecule has 124 valence electrons. The Balaban J connectivity index is 1.71. The molecule has 1 saturated heterocycles. The van der Waals surface area contributed by atoms with Crippen LogP contribution in [0.4, 0.5) is 0 Å². The van der Waals surface area contributed by atoms with E-state index in [4.69, 9.17) is 5.10 Å². The number of aromatic nitrogens is 2. The summed E-state index contributed by atoms with van der Waals surface area (Å²) in [4.78, 5) is 2.58. The van der Waals surface area contributed by atoms with Crippen molar-refractivity contribution >= 4 is 0 Å². The predicted octanol–water partition coefficient (Wildman–Crippen LogP) is 2.92. The van der Waals surface area contributed by atoms with Gasteiger partial charge in [-0.05, 0) is 71.4 Å². The molecule has 4 nitrogen and oxygen atoms in total. The number of nitrogens with zero attached hydrogens (tertiary/aromatic N) is 3. The Morgan fingerprint density at radius 2 is 1.83 bits per heavy atom. The Morgan fingerprint density at radius 3 is 2.48 bits per heavy atom. The SMILES string of the molecule is CNCC1CCN(Cc2c(C)nn(-c3ccccc3)c2C)CC1. The van der Waals surface area contributed by atoms with Gasteiger partial charge in [0.25, 0.3) is 0 Å². The van der Waals surface area contributed by atoms with Gasteiger partial charge in [-0.25, -0.2) is 4.68 Å². The van der Waals surface area contributed by atoms with Gasteiger partial charge in [0.05, 0.1) is 11.4 Å². The summed E-state index contributed by atoms with van der Waals surface area (Å²) < 4.78 is 2.08. The zero-order chi connectivity index (χ0) is 16.2. The van der Waals surface area contributed by atoms with Crippen molar-refractivity contribution in [1.82, 2.24) is 20.0 Å². The van der Waals surface area contributed by atoms with Crippen molar-refractivity contribution in [3.8, 4) is 5.69 Å². The highest BCUT2D eigenvalue weighted by atomic mass is 15.3. The lowest BCUT2D eigenvalue weighted by molar-refractivity contribution is 0.176. The van der Waals surface area contributed by atoms with Gasteiger partial charge < -0.3 is 5.32 Å². The van der Waals surface area contributed by atoms with Crippen molar-refractivity contribution in [3.63, 3.8) is 0 Å². The van der Waals surface area contributed by atoms with Crippen molar-refractivity contribution in [2.45, 2.75) is 33.2 Å². The summed E-state index contributed by atoms with van der Waals surface area (Å²) in [5.41, 5.74) is 4.96. The van der Waals surface area contributed by atoms with Crippen LogP contribution in [-0.4, -0.2) is 41.4 Å². The highest BCUT2D eigenvalue weighted by molar-refractivity contribution is 5.36. The van der Waals surface area contributed by atoms with E-state index in [2.05, 4.69) is 60.1 Å². The van der Waals surface area contributed by atoms with Crippen LogP contribution in [0.2, 0.25) is 0 Å². The number of likely N-dealkylation sites (tertiary alicyclic amines) is 1. The zero-order valence-electron chi connectivity index (χ0n) is 14.5. The van der Waals surface area contributed by atoms with Crippen molar-refractivity contribution in [3.05, 3.63) is 47.3 Å². The van der Waals surface area contributed by atoms with Crippen LogP contribution in [0, 0.1) is 19.8 Å². The second-order valence-corrected chi connectivity index (χ2v) is 6.67. The first kappa shape index (κ1) is 16.2. The molecule has 1 aliphatic heterocycles. The smallest absolute Gasteiger partial charge is 0.0648 e. The Morgan fingerprint density at radius 1 is 1.13 bits per heavy atom. The van der Waals surface area contributed by atoms with E-state index in [0.717, 1.165) is 30.4 Å². The highest BCUT2D eigenvalue weighted by Crippen LogP contribution is 2.23. The van der Waals surface area contributed by atoms with Crippen LogP contribution < -0.4 is 5.32 Å². The van der Waals surface area contributed by atoms with Gasteiger partial charge in [0.15, 0.2) is 0 Å². The molecule has 0 saturated carbocycles. The predicted molar refractivity (Wildman–Crippen MR) is 95.0 cm³/mol. The van der Waals surface area contributed by atoms with E-state index in [0.29, 0.717) is 0 Å². The molecule has 1 aliphatic rings. The minimum absolute atomic E-state index is 0.838. The summed E-state index contributed by atoms with van der Waals surface area (Å²) in [6.45, 7) is 8.89. The fourth-order valence-electron chi connectivity index (χ4n) is 3.59. The van der Waals surface area contributed by atoms with E-state index >= 15 is 0 Å². The van der Waals surface area contributed by atoms with Gasteiger partial charge in [0.2, 0.25) is 0 Å². The second kappa shape index (κ2) is 7.28. The molecule has 2 aromatic rings. The number of rotatable bonds is 5. The molecular weight excluding hydrogens is 284 g/mol. The maximum atomic E-state index is 4.77. The molecular formula is C19H28N4. The number of piperidine rings is 1. The van der Waals surface area contributed by atoms with Crippen LogP contribution in [0.15, 0.2) is 30.3 Å². The molecule has 1 aromatic heterocycles. The summed E-state index contributed by atoms with van der Waals surface area (Å²) in [6.07, 6.45) is 2.59. The number of hydrogen-bond donors (Lipinski definition) is 1. The molecule has 1 aromatic carbocycles. The average Bonchev–Trinajstić information content (AvgIpc) is 2.86. The highest BCUT2D eigenvalue weighted by Gasteiger charge is 2.21. The lowest BCUT2D eigenvalue weighted by Gasteiger charge is -2.31. The Hall–Kier alpha value is -1.65. The molecule has 2 heterocycles. The molecule has 0 unspecified atom stereocenters. The molecule has 0 amide bonds. The normalized spacial score (nSPS) is 16.8. The first-order valence-corrected chi connectivity index (χ1v) is 8.66. The number of hydrogen-bond acceptors (Lipinski definition) is 3. The van der Waals surface area contributed by atoms with E-state index in [1.54, 1.807) is 0 Å². The largest absolute Gasteiger partial charge is 0.319 e. The molecule has 0 atom stereocenters. The average molecular weight is 312 g/mol. The molecule has 3 rings (SSSR count). The molecule has 4 heteroatoms. The zero-order valence-corrected chi connectivity index (χ0v) is 14.5. The van der Waals surface area contributed by atoms with Gasteiger partial charge in [0.1, 0.15) is 0 Å². The van der Waals surface area contributed by atoms with E-state index in [1.807, 2.05) is 6.07 Å². The summed E-state index contributed by atoms with van der Waals surface area (Å²) in [5, 5.41) is 8.08. The van der Waals surface area contributed by atoms with Crippen LogP contribution >= 0.6 is 0 Å². The monoisotopic (exact) mass is 312 g/mol. The molecule has 0 aliphatic carbocycles. The van der Waals surface area contributed by atoms with Gasteiger partial charge in [-0.1, -0.05) is 18.2 Å². The summed E-state index contributed by atoms with van der Waals surface area (Å²) in [6, 6.07) is 10.4. The van der Waals surface area contributed by atoms with E-state index in [9.17, 15) is 0 Å². The van der Waals surface area contributed by atoms with E-state index in [-0.39, 0.29) is 0 Å². The fourth-order valence-corrected chi connectivity index (χ4v) is 3.59.